The fourth-order valence-electron chi connectivity index (χ4n) is 3.83. The van der Waals surface area contributed by atoms with Crippen LogP contribution in [0, 0.1) is 5.92 Å². The summed E-state index contributed by atoms with van der Waals surface area (Å²) >= 11 is 0. The number of anilines is 3. The number of ether oxygens (including phenoxy) is 1. The van der Waals surface area contributed by atoms with Crippen LogP contribution in [0.25, 0.3) is 0 Å². The van der Waals surface area contributed by atoms with Crippen molar-refractivity contribution in [2.24, 2.45) is 5.92 Å². The van der Waals surface area contributed by atoms with Crippen LogP contribution in [0.15, 0.2) is 42.5 Å². The Hall–Kier alpha value is -2.70. The van der Waals surface area contributed by atoms with Crippen LogP contribution in [0.3, 0.4) is 0 Å². The van der Waals surface area contributed by atoms with E-state index in [2.05, 4.69) is 4.90 Å². The van der Waals surface area contributed by atoms with E-state index in [-0.39, 0.29) is 17.5 Å². The van der Waals surface area contributed by atoms with E-state index >= 15 is 0 Å². The van der Waals surface area contributed by atoms with Crippen LogP contribution in [-0.4, -0.2) is 31.0 Å². The topological polar surface area (TPSA) is 32.8 Å². The van der Waals surface area contributed by atoms with Gasteiger partial charge >= 0.3 is 6.18 Å². The zero-order valence-electron chi connectivity index (χ0n) is 16.6. The minimum atomic E-state index is -4.42. The van der Waals surface area contributed by atoms with E-state index in [1.54, 1.807) is 6.92 Å². The number of ketones is 1. The largest absolute Gasteiger partial charge is 0.484 e. The van der Waals surface area contributed by atoms with Crippen LogP contribution in [-0.2, 0) is 11.0 Å². The van der Waals surface area contributed by atoms with Gasteiger partial charge in [0.05, 0.1) is 23.7 Å². The molecule has 0 bridgehead atoms. The number of rotatable bonds is 3. The fraction of sp³-hybridized carbons (Fsp3) is 0.409. The molecule has 0 aromatic heterocycles. The summed E-state index contributed by atoms with van der Waals surface area (Å²) in [6, 6.07) is 11.5. The molecule has 2 aliphatic heterocycles. The summed E-state index contributed by atoms with van der Waals surface area (Å²) in [5, 5.41) is 0. The van der Waals surface area contributed by atoms with Gasteiger partial charge in [0.25, 0.3) is 0 Å². The van der Waals surface area contributed by atoms with Gasteiger partial charge in [0, 0.05) is 24.5 Å². The van der Waals surface area contributed by atoms with Crippen LogP contribution in [0.1, 0.15) is 26.3 Å². The minimum Gasteiger partial charge on any atom is -0.484 e. The van der Waals surface area contributed by atoms with Crippen molar-refractivity contribution >= 4 is 22.8 Å². The molecule has 4 nitrogen and oxygen atoms in total. The van der Waals surface area contributed by atoms with Crippen molar-refractivity contribution in [2.75, 3.05) is 29.4 Å². The standard InChI is InChI=1S/C22H23F3N2O2/c1-14(28)15-11-26(12-15)17-5-4-6-18(10-17)27-13-21(2,3)29-20-9-16(22(23,24)25)7-8-19(20)27/h4-10,15H,11-13H2,1-3H3. The summed E-state index contributed by atoms with van der Waals surface area (Å²) in [5.74, 6) is 0.492. The predicted octanol–water partition coefficient (Wildman–Crippen LogP) is 5.04. The van der Waals surface area contributed by atoms with Crippen molar-refractivity contribution in [3.05, 3.63) is 48.0 Å². The number of fused-ring (bicyclic) bond motifs is 1. The molecule has 0 unspecified atom stereocenters. The van der Waals surface area contributed by atoms with Gasteiger partial charge in [0.15, 0.2) is 0 Å². The van der Waals surface area contributed by atoms with Gasteiger partial charge in [-0.1, -0.05) is 6.07 Å². The summed E-state index contributed by atoms with van der Waals surface area (Å²) in [5.41, 5.74) is 1.12. The molecule has 4 rings (SSSR count). The maximum absolute atomic E-state index is 13.1. The van der Waals surface area contributed by atoms with Crippen molar-refractivity contribution in [1.29, 1.82) is 0 Å². The fourth-order valence-corrected chi connectivity index (χ4v) is 3.83. The number of hydrogen-bond donors (Lipinski definition) is 0. The third-order valence-corrected chi connectivity index (χ3v) is 5.47. The zero-order chi connectivity index (χ0) is 21.0. The Bertz CT molecular complexity index is 949. The van der Waals surface area contributed by atoms with Crippen LogP contribution in [0.2, 0.25) is 0 Å². The number of alkyl halides is 3. The first kappa shape index (κ1) is 19.6. The van der Waals surface area contributed by atoms with Gasteiger partial charge in [0.2, 0.25) is 0 Å². The molecule has 1 fully saturated rings. The Morgan fingerprint density at radius 1 is 1.10 bits per heavy atom. The molecule has 0 amide bonds. The van der Waals surface area contributed by atoms with E-state index in [9.17, 15) is 18.0 Å². The van der Waals surface area contributed by atoms with Gasteiger partial charge in [-0.25, -0.2) is 0 Å². The number of hydrogen-bond acceptors (Lipinski definition) is 4. The maximum Gasteiger partial charge on any atom is 0.416 e. The SMILES string of the molecule is CC(=O)C1CN(c2cccc(N3CC(C)(C)Oc4cc(C(F)(F)F)ccc43)c2)C1. The summed E-state index contributed by atoms with van der Waals surface area (Å²) in [6.07, 6.45) is -4.42. The molecule has 0 radical (unpaired) electrons. The second kappa shape index (κ2) is 6.68. The third kappa shape index (κ3) is 3.78. The lowest BCUT2D eigenvalue weighted by molar-refractivity contribution is -0.137. The van der Waals surface area contributed by atoms with Gasteiger partial charge in [-0.05, 0) is 57.2 Å². The van der Waals surface area contributed by atoms with Gasteiger partial charge in [0.1, 0.15) is 17.1 Å². The van der Waals surface area contributed by atoms with Gasteiger partial charge in [-0.15, -0.1) is 0 Å². The van der Waals surface area contributed by atoms with Crippen molar-refractivity contribution in [3.63, 3.8) is 0 Å². The molecule has 7 heteroatoms. The first-order chi connectivity index (χ1) is 13.5. The third-order valence-electron chi connectivity index (χ3n) is 5.47. The molecular weight excluding hydrogens is 381 g/mol. The number of halogens is 3. The number of Topliss-reactive ketones (excluding diaryl/α,β-unsaturated/α-hetero) is 1. The van der Waals surface area contributed by atoms with Gasteiger partial charge in [-0.2, -0.15) is 13.2 Å². The van der Waals surface area contributed by atoms with E-state index in [1.165, 1.54) is 6.07 Å². The molecule has 0 saturated carbocycles. The molecule has 0 spiro atoms. The van der Waals surface area contributed by atoms with Crippen LogP contribution >= 0.6 is 0 Å². The monoisotopic (exact) mass is 404 g/mol. The maximum atomic E-state index is 13.1. The van der Waals surface area contributed by atoms with Gasteiger partial charge in [-0.3, -0.25) is 4.79 Å². The Morgan fingerprint density at radius 2 is 1.79 bits per heavy atom. The zero-order valence-corrected chi connectivity index (χ0v) is 16.6. The highest BCUT2D eigenvalue weighted by atomic mass is 19.4. The summed E-state index contributed by atoms with van der Waals surface area (Å²) < 4.78 is 45.3. The summed E-state index contributed by atoms with van der Waals surface area (Å²) in [7, 11) is 0. The average molecular weight is 404 g/mol. The molecule has 0 N–H and O–H groups in total. The van der Waals surface area contributed by atoms with Crippen LogP contribution in [0.5, 0.6) is 5.75 Å². The second-order valence-electron chi connectivity index (χ2n) is 8.36. The lowest BCUT2D eigenvalue weighted by Crippen LogP contribution is -2.50. The van der Waals surface area contributed by atoms with Crippen molar-refractivity contribution in [3.8, 4) is 5.75 Å². The molecule has 29 heavy (non-hydrogen) atoms. The summed E-state index contributed by atoms with van der Waals surface area (Å²) in [4.78, 5) is 15.6. The van der Waals surface area contributed by atoms with E-state index in [1.807, 2.05) is 43.0 Å². The molecule has 0 atom stereocenters. The molecule has 154 valence electrons. The summed E-state index contributed by atoms with van der Waals surface area (Å²) in [6.45, 7) is 7.23. The molecule has 2 aromatic carbocycles. The van der Waals surface area contributed by atoms with Crippen LogP contribution in [0.4, 0.5) is 30.2 Å². The molecule has 2 aromatic rings. The molecule has 1 saturated heterocycles. The highest BCUT2D eigenvalue weighted by molar-refractivity contribution is 5.82. The highest BCUT2D eigenvalue weighted by Gasteiger charge is 2.37. The van der Waals surface area contributed by atoms with Crippen molar-refractivity contribution in [1.82, 2.24) is 0 Å². The Morgan fingerprint density at radius 3 is 2.45 bits per heavy atom. The van der Waals surface area contributed by atoms with Crippen molar-refractivity contribution < 1.29 is 22.7 Å². The Labute approximate surface area is 167 Å². The number of carbonyl (C=O) groups is 1. The molecule has 2 heterocycles. The first-order valence-corrected chi connectivity index (χ1v) is 9.57. The molecule has 2 aliphatic rings. The Kier molecular flexibility index (Phi) is 4.52. The number of nitrogens with zero attached hydrogens (tertiary/aromatic N) is 2. The molecular formula is C22H23F3N2O2. The average Bonchev–Trinajstić information content (AvgIpc) is 2.57. The van der Waals surface area contributed by atoms with E-state index in [0.717, 1.165) is 23.5 Å². The lowest BCUT2D eigenvalue weighted by atomic mass is 9.95. The first-order valence-electron chi connectivity index (χ1n) is 9.57. The predicted molar refractivity (Wildman–Crippen MR) is 106 cm³/mol. The van der Waals surface area contributed by atoms with Gasteiger partial charge < -0.3 is 14.5 Å². The lowest BCUT2D eigenvalue weighted by Gasteiger charge is -2.42. The number of benzene rings is 2. The van der Waals surface area contributed by atoms with E-state index in [4.69, 9.17) is 4.74 Å². The molecule has 0 aliphatic carbocycles. The highest BCUT2D eigenvalue weighted by Crippen LogP contribution is 2.44. The van der Waals surface area contributed by atoms with E-state index < -0.39 is 17.3 Å². The van der Waals surface area contributed by atoms with E-state index in [0.29, 0.717) is 25.3 Å². The normalized spacial score (nSPS) is 18.7. The quantitative estimate of drug-likeness (QED) is 0.718. The minimum absolute atomic E-state index is 0.0718. The second-order valence-corrected chi connectivity index (χ2v) is 8.36. The number of carbonyl (C=O) groups excluding carboxylic acids is 1. The smallest absolute Gasteiger partial charge is 0.416 e. The van der Waals surface area contributed by atoms with Crippen molar-refractivity contribution in [2.45, 2.75) is 32.5 Å². The van der Waals surface area contributed by atoms with Crippen LogP contribution < -0.4 is 14.5 Å². The Balaban J connectivity index is 1.67.